The van der Waals surface area contributed by atoms with Gasteiger partial charge in [-0.05, 0) is 36.8 Å². The van der Waals surface area contributed by atoms with E-state index in [4.69, 9.17) is 21.1 Å². The fourth-order valence-corrected chi connectivity index (χ4v) is 2.28. The van der Waals surface area contributed by atoms with E-state index < -0.39 is 0 Å². The molecule has 2 aromatic rings. The Morgan fingerprint density at radius 2 is 1.96 bits per heavy atom. The number of carbonyl (C=O) groups excluding carboxylic acids is 1. The standard InChI is InChI=1S/C18H18ClNO3/c1-12-7-9-14(19)11-15(12)20-17(21)10-8-13-5-4-6-16(22-2)18(13)23-3/h4-11H,1-3H3,(H,20,21)/b10-8+. The van der Waals surface area contributed by atoms with Gasteiger partial charge in [0.15, 0.2) is 11.5 Å². The molecule has 0 saturated heterocycles. The number of para-hydroxylation sites is 1. The molecule has 0 aliphatic heterocycles. The topological polar surface area (TPSA) is 47.6 Å². The molecule has 0 radical (unpaired) electrons. The van der Waals surface area contributed by atoms with Crippen molar-refractivity contribution in [3.63, 3.8) is 0 Å². The molecule has 0 saturated carbocycles. The molecule has 0 atom stereocenters. The number of anilines is 1. The van der Waals surface area contributed by atoms with Crippen molar-refractivity contribution in [3.8, 4) is 11.5 Å². The van der Waals surface area contributed by atoms with Gasteiger partial charge in [-0.2, -0.15) is 0 Å². The maximum absolute atomic E-state index is 12.1. The Morgan fingerprint density at radius 3 is 2.65 bits per heavy atom. The number of amides is 1. The highest BCUT2D eigenvalue weighted by molar-refractivity contribution is 6.31. The van der Waals surface area contributed by atoms with Crippen molar-refractivity contribution in [1.29, 1.82) is 0 Å². The summed E-state index contributed by atoms with van der Waals surface area (Å²) in [6, 6.07) is 10.8. The number of hydrogen-bond donors (Lipinski definition) is 1. The summed E-state index contributed by atoms with van der Waals surface area (Å²) >= 11 is 5.95. The lowest BCUT2D eigenvalue weighted by atomic mass is 10.1. The van der Waals surface area contributed by atoms with Crippen molar-refractivity contribution < 1.29 is 14.3 Å². The highest BCUT2D eigenvalue weighted by Crippen LogP contribution is 2.31. The van der Waals surface area contributed by atoms with Crippen molar-refractivity contribution in [2.45, 2.75) is 6.92 Å². The molecule has 0 bridgehead atoms. The molecule has 0 heterocycles. The number of benzene rings is 2. The molecule has 2 aromatic carbocycles. The van der Waals surface area contributed by atoms with Gasteiger partial charge in [-0.3, -0.25) is 4.79 Å². The molecule has 0 unspecified atom stereocenters. The first kappa shape index (κ1) is 16.9. The normalized spacial score (nSPS) is 10.6. The van der Waals surface area contributed by atoms with Crippen molar-refractivity contribution in [2.24, 2.45) is 0 Å². The van der Waals surface area contributed by atoms with Crippen LogP contribution in [0.5, 0.6) is 11.5 Å². The van der Waals surface area contributed by atoms with E-state index in [2.05, 4.69) is 5.32 Å². The second-order valence-corrected chi connectivity index (χ2v) is 5.30. The SMILES string of the molecule is COc1cccc(/C=C/C(=O)Nc2cc(Cl)ccc2C)c1OC. The quantitative estimate of drug-likeness (QED) is 0.830. The smallest absolute Gasteiger partial charge is 0.248 e. The molecule has 0 spiro atoms. The third kappa shape index (κ3) is 4.27. The third-order valence-corrected chi connectivity index (χ3v) is 3.54. The minimum atomic E-state index is -0.250. The number of rotatable bonds is 5. The monoisotopic (exact) mass is 331 g/mol. The van der Waals surface area contributed by atoms with E-state index in [-0.39, 0.29) is 5.91 Å². The van der Waals surface area contributed by atoms with E-state index >= 15 is 0 Å². The van der Waals surface area contributed by atoms with Crippen LogP contribution in [-0.4, -0.2) is 20.1 Å². The number of hydrogen-bond acceptors (Lipinski definition) is 3. The van der Waals surface area contributed by atoms with Gasteiger partial charge in [-0.15, -0.1) is 0 Å². The highest BCUT2D eigenvalue weighted by atomic mass is 35.5. The summed E-state index contributed by atoms with van der Waals surface area (Å²) < 4.78 is 10.6. The summed E-state index contributed by atoms with van der Waals surface area (Å²) in [5, 5.41) is 3.38. The average molecular weight is 332 g/mol. The van der Waals surface area contributed by atoms with Crippen LogP contribution in [0.4, 0.5) is 5.69 Å². The first-order chi connectivity index (χ1) is 11.0. The zero-order valence-corrected chi connectivity index (χ0v) is 14.0. The van der Waals surface area contributed by atoms with Gasteiger partial charge in [0.05, 0.1) is 14.2 Å². The predicted octanol–water partition coefficient (Wildman–Crippen LogP) is 4.32. The van der Waals surface area contributed by atoms with Crippen LogP contribution in [0, 0.1) is 6.92 Å². The summed E-state index contributed by atoms with van der Waals surface area (Å²) in [5.41, 5.74) is 2.38. The summed E-state index contributed by atoms with van der Waals surface area (Å²) in [6.45, 7) is 1.90. The average Bonchev–Trinajstić information content (AvgIpc) is 2.55. The van der Waals surface area contributed by atoms with Crippen LogP contribution in [-0.2, 0) is 4.79 Å². The van der Waals surface area contributed by atoms with Gasteiger partial charge in [0.1, 0.15) is 0 Å². The number of ether oxygens (including phenoxy) is 2. The highest BCUT2D eigenvalue weighted by Gasteiger charge is 2.08. The second kappa shape index (κ2) is 7.70. The van der Waals surface area contributed by atoms with Gasteiger partial charge in [0.2, 0.25) is 5.91 Å². The van der Waals surface area contributed by atoms with Gasteiger partial charge < -0.3 is 14.8 Å². The molecule has 2 rings (SSSR count). The van der Waals surface area contributed by atoms with Gasteiger partial charge in [0.25, 0.3) is 0 Å². The van der Waals surface area contributed by atoms with Crippen LogP contribution >= 0.6 is 11.6 Å². The second-order valence-electron chi connectivity index (χ2n) is 4.86. The molecule has 1 N–H and O–H groups in total. The lowest BCUT2D eigenvalue weighted by Crippen LogP contribution is -2.08. The van der Waals surface area contributed by atoms with Crippen molar-refractivity contribution in [3.05, 3.63) is 58.6 Å². The maximum Gasteiger partial charge on any atom is 0.248 e. The molecular weight excluding hydrogens is 314 g/mol. The van der Waals surface area contributed by atoms with Crippen LogP contribution in [0.3, 0.4) is 0 Å². The number of halogens is 1. The molecule has 0 fully saturated rings. The molecule has 0 aromatic heterocycles. The largest absolute Gasteiger partial charge is 0.493 e. The van der Waals surface area contributed by atoms with Crippen molar-refractivity contribution in [2.75, 3.05) is 19.5 Å². The lowest BCUT2D eigenvalue weighted by molar-refractivity contribution is -0.111. The first-order valence-corrected chi connectivity index (χ1v) is 7.39. The number of carbonyl (C=O) groups is 1. The van der Waals surface area contributed by atoms with E-state index in [1.165, 1.54) is 6.08 Å². The van der Waals surface area contributed by atoms with E-state index in [1.54, 1.807) is 38.5 Å². The van der Waals surface area contributed by atoms with E-state index in [0.717, 1.165) is 11.1 Å². The van der Waals surface area contributed by atoms with Gasteiger partial charge in [-0.1, -0.05) is 29.8 Å². The van der Waals surface area contributed by atoms with Crippen molar-refractivity contribution >= 4 is 29.3 Å². The Hall–Kier alpha value is -2.46. The first-order valence-electron chi connectivity index (χ1n) is 7.01. The third-order valence-electron chi connectivity index (χ3n) is 3.31. The van der Waals surface area contributed by atoms with E-state index in [0.29, 0.717) is 22.2 Å². The summed E-state index contributed by atoms with van der Waals surface area (Å²) in [7, 11) is 3.13. The molecule has 0 aliphatic rings. The van der Waals surface area contributed by atoms with Crippen LogP contribution in [0.2, 0.25) is 5.02 Å². The van der Waals surface area contributed by atoms with Crippen molar-refractivity contribution in [1.82, 2.24) is 0 Å². The Kier molecular flexibility index (Phi) is 5.66. The number of nitrogens with one attached hydrogen (secondary N) is 1. The Morgan fingerprint density at radius 1 is 1.17 bits per heavy atom. The molecule has 5 heteroatoms. The Bertz CT molecular complexity index is 741. The maximum atomic E-state index is 12.1. The molecule has 4 nitrogen and oxygen atoms in total. The van der Waals surface area contributed by atoms with Crippen LogP contribution < -0.4 is 14.8 Å². The fraction of sp³-hybridized carbons (Fsp3) is 0.167. The predicted molar refractivity (Wildman–Crippen MR) is 93.4 cm³/mol. The Balaban J connectivity index is 2.17. The fourth-order valence-electron chi connectivity index (χ4n) is 2.11. The molecular formula is C18H18ClNO3. The summed E-state index contributed by atoms with van der Waals surface area (Å²) in [5.74, 6) is 0.943. The summed E-state index contributed by atoms with van der Waals surface area (Å²) in [4.78, 5) is 12.1. The zero-order valence-electron chi connectivity index (χ0n) is 13.2. The van der Waals surface area contributed by atoms with E-state index in [1.807, 2.05) is 25.1 Å². The minimum absolute atomic E-state index is 0.250. The Labute approximate surface area is 140 Å². The van der Waals surface area contributed by atoms with Crippen LogP contribution in [0.1, 0.15) is 11.1 Å². The molecule has 120 valence electrons. The minimum Gasteiger partial charge on any atom is -0.493 e. The zero-order chi connectivity index (χ0) is 16.8. The van der Waals surface area contributed by atoms with Crippen LogP contribution in [0.15, 0.2) is 42.5 Å². The number of aryl methyl sites for hydroxylation is 1. The molecule has 1 amide bonds. The number of methoxy groups -OCH3 is 2. The molecule has 23 heavy (non-hydrogen) atoms. The lowest BCUT2D eigenvalue weighted by Gasteiger charge is -2.10. The summed E-state index contributed by atoms with van der Waals surface area (Å²) in [6.07, 6.45) is 3.12. The molecule has 0 aliphatic carbocycles. The van der Waals surface area contributed by atoms with Gasteiger partial charge >= 0.3 is 0 Å². The van der Waals surface area contributed by atoms with Gasteiger partial charge in [-0.25, -0.2) is 0 Å². The van der Waals surface area contributed by atoms with Crippen LogP contribution in [0.25, 0.3) is 6.08 Å². The van der Waals surface area contributed by atoms with E-state index in [9.17, 15) is 4.79 Å². The van der Waals surface area contributed by atoms with Gasteiger partial charge in [0, 0.05) is 22.3 Å².